The predicted molar refractivity (Wildman–Crippen MR) is 119 cm³/mol. The van der Waals surface area contributed by atoms with Crippen molar-refractivity contribution < 1.29 is 16.8 Å². The Morgan fingerprint density at radius 3 is 1.73 bits per heavy atom. The van der Waals surface area contributed by atoms with Gasteiger partial charge >= 0.3 is 0 Å². The molecule has 1 aliphatic heterocycles. The molecule has 0 saturated carbocycles. The Hall–Kier alpha value is -1.74. The molecule has 0 N–H and O–H groups in total. The van der Waals surface area contributed by atoms with Crippen molar-refractivity contribution in [2.45, 2.75) is 49.8 Å². The summed E-state index contributed by atoms with van der Waals surface area (Å²) in [7, 11) is -7.32. The lowest BCUT2D eigenvalue weighted by molar-refractivity contribution is 0.272. The molecular formula is C22H30N2O4S2. The number of hydrogen-bond donors (Lipinski definition) is 0. The molecule has 1 saturated heterocycles. The summed E-state index contributed by atoms with van der Waals surface area (Å²) in [5, 5.41) is 0. The van der Waals surface area contributed by atoms with Crippen molar-refractivity contribution >= 4 is 20.0 Å². The van der Waals surface area contributed by atoms with Crippen LogP contribution in [0.3, 0.4) is 0 Å². The first kappa shape index (κ1) is 22.9. The van der Waals surface area contributed by atoms with Crippen LogP contribution in [0.2, 0.25) is 0 Å². The molecule has 164 valence electrons. The van der Waals surface area contributed by atoms with Gasteiger partial charge in [0.25, 0.3) is 0 Å². The fourth-order valence-corrected chi connectivity index (χ4v) is 6.70. The molecule has 8 heteroatoms. The van der Waals surface area contributed by atoms with E-state index in [0.29, 0.717) is 5.56 Å². The summed E-state index contributed by atoms with van der Waals surface area (Å²) in [6.45, 7) is 10.4. The molecule has 0 aliphatic carbocycles. The van der Waals surface area contributed by atoms with Crippen LogP contribution in [0, 0.1) is 13.8 Å². The summed E-state index contributed by atoms with van der Waals surface area (Å²) < 4.78 is 55.0. The SMILES string of the molecule is Cc1ccc(C)c(S(=O)(=O)N2CCN(S(=O)(=O)c3ccc(C(C)(C)C)cc3)CC2)c1. The number of rotatable bonds is 4. The van der Waals surface area contributed by atoms with Gasteiger partial charge in [-0.15, -0.1) is 0 Å². The number of sulfonamides is 2. The highest BCUT2D eigenvalue weighted by molar-refractivity contribution is 7.89. The van der Waals surface area contributed by atoms with E-state index in [-0.39, 0.29) is 41.4 Å². The lowest BCUT2D eigenvalue weighted by Crippen LogP contribution is -2.50. The van der Waals surface area contributed by atoms with Crippen LogP contribution in [0.1, 0.15) is 37.5 Å². The van der Waals surface area contributed by atoms with Gasteiger partial charge in [-0.3, -0.25) is 0 Å². The summed E-state index contributed by atoms with van der Waals surface area (Å²) in [6.07, 6.45) is 0. The Bertz CT molecular complexity index is 1120. The minimum atomic E-state index is -3.66. The van der Waals surface area contributed by atoms with E-state index in [1.807, 2.05) is 25.1 Å². The zero-order valence-electron chi connectivity index (χ0n) is 18.2. The van der Waals surface area contributed by atoms with E-state index in [2.05, 4.69) is 20.8 Å². The molecule has 0 aromatic heterocycles. The molecule has 0 bridgehead atoms. The van der Waals surface area contributed by atoms with Gasteiger partial charge in [-0.25, -0.2) is 16.8 Å². The third kappa shape index (κ3) is 4.46. The van der Waals surface area contributed by atoms with Gasteiger partial charge in [-0.2, -0.15) is 8.61 Å². The Morgan fingerprint density at radius 1 is 0.733 bits per heavy atom. The Morgan fingerprint density at radius 2 is 1.23 bits per heavy atom. The molecule has 6 nitrogen and oxygen atoms in total. The maximum absolute atomic E-state index is 13.1. The van der Waals surface area contributed by atoms with Gasteiger partial charge in [0, 0.05) is 26.2 Å². The van der Waals surface area contributed by atoms with E-state index < -0.39 is 20.0 Å². The molecular weight excluding hydrogens is 420 g/mol. The summed E-state index contributed by atoms with van der Waals surface area (Å²) in [5.74, 6) is 0. The van der Waals surface area contributed by atoms with Gasteiger partial charge < -0.3 is 0 Å². The van der Waals surface area contributed by atoms with Crippen molar-refractivity contribution in [3.63, 3.8) is 0 Å². The first-order chi connectivity index (χ1) is 13.8. The molecule has 1 heterocycles. The van der Waals surface area contributed by atoms with Crippen molar-refractivity contribution in [1.29, 1.82) is 0 Å². The number of hydrogen-bond acceptors (Lipinski definition) is 4. The average Bonchev–Trinajstić information content (AvgIpc) is 2.69. The van der Waals surface area contributed by atoms with E-state index in [0.717, 1.165) is 11.1 Å². The minimum Gasteiger partial charge on any atom is -0.207 e. The van der Waals surface area contributed by atoms with Crippen LogP contribution in [-0.2, 0) is 25.5 Å². The molecule has 1 aliphatic rings. The lowest BCUT2D eigenvalue weighted by atomic mass is 9.87. The lowest BCUT2D eigenvalue weighted by Gasteiger charge is -2.33. The van der Waals surface area contributed by atoms with Gasteiger partial charge in [0.05, 0.1) is 9.79 Å². The molecule has 2 aromatic carbocycles. The maximum Gasteiger partial charge on any atom is 0.243 e. The normalized spacial score (nSPS) is 17.2. The fourth-order valence-electron chi connectivity index (χ4n) is 3.55. The molecule has 1 fully saturated rings. The number of benzene rings is 2. The third-order valence-corrected chi connectivity index (χ3v) is 9.47. The standard InChI is InChI=1S/C22H30N2O4S2/c1-17-6-7-18(2)21(16-17)30(27,28)24-14-12-23(13-15-24)29(25,26)20-10-8-19(9-11-20)22(3,4)5/h6-11,16H,12-15H2,1-5H3. The Kier molecular flexibility index (Phi) is 6.17. The molecule has 0 radical (unpaired) electrons. The average molecular weight is 451 g/mol. The van der Waals surface area contributed by atoms with Crippen LogP contribution in [0.15, 0.2) is 52.3 Å². The number of piperazine rings is 1. The van der Waals surface area contributed by atoms with Crippen LogP contribution < -0.4 is 0 Å². The van der Waals surface area contributed by atoms with Crippen LogP contribution in [0.25, 0.3) is 0 Å². The van der Waals surface area contributed by atoms with E-state index in [1.54, 1.807) is 31.2 Å². The zero-order chi connectivity index (χ0) is 22.3. The van der Waals surface area contributed by atoms with Crippen molar-refractivity contribution in [1.82, 2.24) is 8.61 Å². The smallest absolute Gasteiger partial charge is 0.207 e. The monoisotopic (exact) mass is 450 g/mol. The van der Waals surface area contributed by atoms with Crippen LogP contribution in [0.5, 0.6) is 0 Å². The quantitative estimate of drug-likeness (QED) is 0.716. The van der Waals surface area contributed by atoms with Crippen LogP contribution in [-0.4, -0.2) is 51.6 Å². The highest BCUT2D eigenvalue weighted by atomic mass is 32.2. The molecule has 30 heavy (non-hydrogen) atoms. The van der Waals surface area contributed by atoms with E-state index >= 15 is 0 Å². The van der Waals surface area contributed by atoms with Crippen molar-refractivity contribution in [2.24, 2.45) is 0 Å². The topological polar surface area (TPSA) is 74.8 Å². The Labute approximate surface area is 180 Å². The number of nitrogens with zero attached hydrogens (tertiary/aromatic N) is 2. The second-order valence-electron chi connectivity index (χ2n) is 8.85. The van der Waals surface area contributed by atoms with E-state index in [4.69, 9.17) is 0 Å². The first-order valence-electron chi connectivity index (χ1n) is 10.0. The molecule has 0 amide bonds. The molecule has 0 spiro atoms. The molecule has 0 atom stereocenters. The Balaban J connectivity index is 1.77. The van der Waals surface area contributed by atoms with Crippen molar-refractivity contribution in [2.75, 3.05) is 26.2 Å². The van der Waals surface area contributed by atoms with Gasteiger partial charge in [0.1, 0.15) is 0 Å². The number of aryl methyl sites for hydroxylation is 2. The van der Waals surface area contributed by atoms with Crippen molar-refractivity contribution in [3.05, 3.63) is 59.2 Å². The first-order valence-corrected chi connectivity index (χ1v) is 12.9. The highest BCUT2D eigenvalue weighted by Crippen LogP contribution is 2.27. The summed E-state index contributed by atoms with van der Waals surface area (Å²) in [4.78, 5) is 0.526. The van der Waals surface area contributed by atoms with Crippen molar-refractivity contribution in [3.8, 4) is 0 Å². The van der Waals surface area contributed by atoms with Gasteiger partial charge in [0.15, 0.2) is 0 Å². The third-order valence-electron chi connectivity index (χ3n) is 5.52. The summed E-state index contributed by atoms with van der Waals surface area (Å²) in [6, 6.07) is 12.3. The minimum absolute atomic E-state index is 0.0593. The van der Waals surface area contributed by atoms with Crippen LogP contribution >= 0.6 is 0 Å². The van der Waals surface area contributed by atoms with Gasteiger partial charge in [0.2, 0.25) is 20.0 Å². The van der Waals surface area contributed by atoms with Gasteiger partial charge in [-0.1, -0.05) is 45.0 Å². The molecule has 0 unspecified atom stereocenters. The molecule has 3 rings (SSSR count). The second kappa shape index (κ2) is 8.07. The maximum atomic E-state index is 13.1. The second-order valence-corrected chi connectivity index (χ2v) is 12.7. The predicted octanol–water partition coefficient (Wildman–Crippen LogP) is 3.30. The van der Waals surface area contributed by atoms with Gasteiger partial charge in [-0.05, 0) is 54.2 Å². The van der Waals surface area contributed by atoms with Crippen LogP contribution in [0.4, 0.5) is 0 Å². The van der Waals surface area contributed by atoms with E-state index in [1.165, 1.54) is 8.61 Å². The summed E-state index contributed by atoms with van der Waals surface area (Å²) >= 11 is 0. The zero-order valence-corrected chi connectivity index (χ0v) is 19.8. The molecule has 2 aromatic rings. The highest BCUT2D eigenvalue weighted by Gasteiger charge is 2.34. The largest absolute Gasteiger partial charge is 0.243 e. The fraction of sp³-hybridized carbons (Fsp3) is 0.455. The van der Waals surface area contributed by atoms with E-state index in [9.17, 15) is 16.8 Å². The summed E-state index contributed by atoms with van der Waals surface area (Å²) in [5.41, 5.74) is 2.57.